The number of carbonyl (C=O) groups is 1. The Morgan fingerprint density at radius 3 is 2.53 bits per heavy atom. The molecule has 0 saturated carbocycles. The van der Waals surface area contributed by atoms with Crippen LogP contribution in [0, 0.1) is 0 Å². The molecule has 0 heterocycles. The Hall–Kier alpha value is -1.00. The molecule has 4 heteroatoms. The van der Waals surface area contributed by atoms with Gasteiger partial charge in [0.25, 0.3) is 0 Å². The minimum absolute atomic E-state index is 0.0965. The van der Waals surface area contributed by atoms with Gasteiger partial charge in [-0.2, -0.15) is 0 Å². The highest BCUT2D eigenvalue weighted by Crippen LogP contribution is 2.22. The average molecular weight is 252 g/mol. The molecule has 0 spiro atoms. The molecule has 0 aliphatic heterocycles. The van der Waals surface area contributed by atoms with Crippen molar-refractivity contribution in [3.63, 3.8) is 0 Å². The highest BCUT2D eigenvalue weighted by Gasteiger charge is 2.01. The lowest BCUT2D eigenvalue weighted by atomic mass is 10.0. The summed E-state index contributed by atoms with van der Waals surface area (Å²) < 4.78 is 0. The number of benzene rings is 1. The van der Waals surface area contributed by atoms with E-state index in [1.165, 1.54) is 10.5 Å². The summed E-state index contributed by atoms with van der Waals surface area (Å²) in [7, 11) is 0. The van der Waals surface area contributed by atoms with Crippen molar-refractivity contribution < 1.29 is 4.79 Å². The molecule has 0 fully saturated rings. The van der Waals surface area contributed by atoms with E-state index in [2.05, 4.69) is 43.5 Å². The van der Waals surface area contributed by atoms with Crippen LogP contribution in [0.25, 0.3) is 0 Å². The summed E-state index contributed by atoms with van der Waals surface area (Å²) in [6.07, 6.45) is 1.34. The summed E-state index contributed by atoms with van der Waals surface area (Å²) in [5.74, 6) is 6.42. The number of hydrogen-bond donors (Lipinski definition) is 2. The quantitative estimate of drug-likeness (QED) is 0.269. The Labute approximate surface area is 107 Å². The molecule has 0 aromatic heterocycles. The number of hydrazine groups is 1. The van der Waals surface area contributed by atoms with Crippen LogP contribution in [0.5, 0.6) is 0 Å². The summed E-state index contributed by atoms with van der Waals surface area (Å²) in [6, 6.07) is 8.62. The number of hydrogen-bond acceptors (Lipinski definition) is 3. The number of thioether (sulfide) groups is 1. The number of carbonyl (C=O) groups excluding carboxylic acids is 1. The summed E-state index contributed by atoms with van der Waals surface area (Å²) in [5, 5.41) is 0. The third kappa shape index (κ3) is 5.24. The zero-order chi connectivity index (χ0) is 12.7. The molecular weight excluding hydrogens is 232 g/mol. The van der Waals surface area contributed by atoms with E-state index in [-0.39, 0.29) is 5.91 Å². The van der Waals surface area contributed by atoms with Gasteiger partial charge in [-0.3, -0.25) is 10.2 Å². The highest BCUT2D eigenvalue weighted by molar-refractivity contribution is 7.99. The van der Waals surface area contributed by atoms with Crippen LogP contribution in [0.4, 0.5) is 0 Å². The van der Waals surface area contributed by atoms with E-state index in [9.17, 15) is 4.79 Å². The van der Waals surface area contributed by atoms with Crippen molar-refractivity contribution in [1.29, 1.82) is 0 Å². The third-order valence-electron chi connectivity index (χ3n) is 2.52. The average Bonchev–Trinajstić information content (AvgIpc) is 2.34. The third-order valence-corrected chi connectivity index (χ3v) is 3.62. The Kier molecular flexibility index (Phi) is 6.08. The van der Waals surface area contributed by atoms with Gasteiger partial charge >= 0.3 is 0 Å². The summed E-state index contributed by atoms with van der Waals surface area (Å²) >= 11 is 1.77. The fraction of sp³-hybridized carbons (Fsp3) is 0.462. The molecule has 0 aliphatic carbocycles. The van der Waals surface area contributed by atoms with Gasteiger partial charge in [0, 0.05) is 11.3 Å². The SMILES string of the molecule is CC(C)c1ccc(SCCCC(=O)NN)cc1. The van der Waals surface area contributed by atoms with Crippen molar-refractivity contribution in [2.75, 3.05) is 5.75 Å². The molecule has 1 aromatic carbocycles. The number of nitrogens with two attached hydrogens (primary N) is 1. The highest BCUT2D eigenvalue weighted by atomic mass is 32.2. The van der Waals surface area contributed by atoms with Gasteiger partial charge in [0.05, 0.1) is 0 Å². The van der Waals surface area contributed by atoms with E-state index >= 15 is 0 Å². The molecule has 17 heavy (non-hydrogen) atoms. The monoisotopic (exact) mass is 252 g/mol. The molecule has 3 N–H and O–H groups in total. The lowest BCUT2D eigenvalue weighted by Crippen LogP contribution is -2.29. The number of nitrogens with one attached hydrogen (secondary N) is 1. The second-order valence-electron chi connectivity index (χ2n) is 4.24. The second-order valence-corrected chi connectivity index (χ2v) is 5.41. The number of rotatable bonds is 6. The van der Waals surface area contributed by atoms with Gasteiger partial charge in [-0.25, -0.2) is 5.84 Å². The minimum Gasteiger partial charge on any atom is -0.294 e. The van der Waals surface area contributed by atoms with Gasteiger partial charge in [0.15, 0.2) is 0 Å². The van der Waals surface area contributed by atoms with E-state index in [4.69, 9.17) is 5.84 Å². The molecule has 94 valence electrons. The maximum absolute atomic E-state index is 10.9. The smallest absolute Gasteiger partial charge is 0.233 e. The molecule has 3 nitrogen and oxygen atoms in total. The molecule has 0 aliphatic rings. The zero-order valence-electron chi connectivity index (χ0n) is 10.4. The van der Waals surface area contributed by atoms with Gasteiger partial charge in [-0.05, 0) is 35.8 Å². The molecule has 0 bridgehead atoms. The zero-order valence-corrected chi connectivity index (χ0v) is 11.2. The Balaban J connectivity index is 2.30. The minimum atomic E-state index is -0.0965. The molecule has 1 rings (SSSR count). The van der Waals surface area contributed by atoms with Gasteiger partial charge in [-0.15, -0.1) is 11.8 Å². The van der Waals surface area contributed by atoms with E-state index in [0.717, 1.165) is 12.2 Å². The van der Waals surface area contributed by atoms with Crippen molar-refractivity contribution in [2.45, 2.75) is 37.5 Å². The Morgan fingerprint density at radius 2 is 2.00 bits per heavy atom. The van der Waals surface area contributed by atoms with Gasteiger partial charge in [0.2, 0.25) is 5.91 Å². The molecule has 1 aromatic rings. The standard InChI is InChI=1S/C13H20N2OS/c1-10(2)11-5-7-12(8-6-11)17-9-3-4-13(16)15-14/h5-8,10H,3-4,9,14H2,1-2H3,(H,15,16). The fourth-order valence-electron chi connectivity index (χ4n) is 1.44. The van der Waals surface area contributed by atoms with E-state index in [1.807, 2.05) is 0 Å². The Bertz CT molecular complexity index is 349. The first-order valence-corrected chi connectivity index (χ1v) is 6.84. The van der Waals surface area contributed by atoms with Crippen LogP contribution in [-0.2, 0) is 4.79 Å². The molecule has 0 radical (unpaired) electrons. The van der Waals surface area contributed by atoms with Crippen LogP contribution in [0.1, 0.15) is 38.2 Å². The normalized spacial score (nSPS) is 10.6. The summed E-state index contributed by atoms with van der Waals surface area (Å²) in [5.41, 5.74) is 3.49. The van der Waals surface area contributed by atoms with Crippen molar-refractivity contribution in [2.24, 2.45) is 5.84 Å². The first-order valence-electron chi connectivity index (χ1n) is 5.85. The topological polar surface area (TPSA) is 55.1 Å². The maximum atomic E-state index is 10.9. The Morgan fingerprint density at radius 1 is 1.35 bits per heavy atom. The number of amides is 1. The van der Waals surface area contributed by atoms with Crippen LogP contribution in [-0.4, -0.2) is 11.7 Å². The van der Waals surface area contributed by atoms with Crippen molar-refractivity contribution in [3.8, 4) is 0 Å². The molecule has 0 atom stereocenters. The predicted octanol–water partition coefficient (Wildman–Crippen LogP) is 2.67. The van der Waals surface area contributed by atoms with Gasteiger partial charge < -0.3 is 0 Å². The van der Waals surface area contributed by atoms with Gasteiger partial charge in [-0.1, -0.05) is 26.0 Å². The first kappa shape index (κ1) is 14.1. The summed E-state index contributed by atoms with van der Waals surface area (Å²) in [6.45, 7) is 4.38. The van der Waals surface area contributed by atoms with Crippen LogP contribution in [0.2, 0.25) is 0 Å². The van der Waals surface area contributed by atoms with E-state index < -0.39 is 0 Å². The van der Waals surface area contributed by atoms with E-state index in [1.54, 1.807) is 11.8 Å². The summed E-state index contributed by atoms with van der Waals surface area (Å²) in [4.78, 5) is 12.1. The van der Waals surface area contributed by atoms with Crippen LogP contribution in [0.3, 0.4) is 0 Å². The lowest BCUT2D eigenvalue weighted by Gasteiger charge is -2.06. The second kappa shape index (κ2) is 7.35. The molecule has 0 saturated heterocycles. The molecule has 1 amide bonds. The van der Waals surface area contributed by atoms with Crippen molar-refractivity contribution >= 4 is 17.7 Å². The van der Waals surface area contributed by atoms with E-state index in [0.29, 0.717) is 12.3 Å². The van der Waals surface area contributed by atoms with Crippen molar-refractivity contribution in [1.82, 2.24) is 5.43 Å². The molecular formula is C13H20N2OS. The van der Waals surface area contributed by atoms with Crippen LogP contribution < -0.4 is 11.3 Å². The largest absolute Gasteiger partial charge is 0.294 e. The lowest BCUT2D eigenvalue weighted by molar-refractivity contribution is -0.121. The first-order chi connectivity index (χ1) is 8.13. The van der Waals surface area contributed by atoms with Crippen LogP contribution >= 0.6 is 11.8 Å². The predicted molar refractivity (Wildman–Crippen MR) is 72.8 cm³/mol. The fourth-order valence-corrected chi connectivity index (χ4v) is 2.30. The molecule has 0 unspecified atom stereocenters. The van der Waals surface area contributed by atoms with Crippen LogP contribution in [0.15, 0.2) is 29.2 Å². The maximum Gasteiger partial charge on any atom is 0.233 e. The van der Waals surface area contributed by atoms with Crippen molar-refractivity contribution in [3.05, 3.63) is 29.8 Å². The van der Waals surface area contributed by atoms with Gasteiger partial charge in [0.1, 0.15) is 0 Å².